The van der Waals surface area contributed by atoms with E-state index >= 15 is 0 Å². The number of hydrogen-bond acceptors (Lipinski definition) is 5. The normalized spacial score (nSPS) is 14.7. The van der Waals surface area contributed by atoms with E-state index in [1.165, 1.54) is 19.3 Å². The highest BCUT2D eigenvalue weighted by Gasteiger charge is 2.19. The summed E-state index contributed by atoms with van der Waals surface area (Å²) in [4.78, 5) is 12.2. The lowest BCUT2D eigenvalue weighted by molar-refractivity contribution is 0.445. The van der Waals surface area contributed by atoms with Crippen LogP contribution in [0.15, 0.2) is 36.5 Å². The SMILES string of the molecule is Oc1ccc(Nc2nc(NC3CCC3)c3cc[nH]c3n2)cc1. The van der Waals surface area contributed by atoms with E-state index in [0.717, 1.165) is 22.5 Å². The Kier molecular flexibility index (Phi) is 3.07. The topological polar surface area (TPSA) is 85.9 Å². The van der Waals surface area contributed by atoms with Gasteiger partial charge in [-0.15, -0.1) is 0 Å². The van der Waals surface area contributed by atoms with Gasteiger partial charge in [-0.2, -0.15) is 9.97 Å². The maximum Gasteiger partial charge on any atom is 0.231 e. The Hall–Kier alpha value is -2.76. The minimum Gasteiger partial charge on any atom is -0.508 e. The average Bonchev–Trinajstić information content (AvgIpc) is 2.93. The quantitative estimate of drug-likeness (QED) is 0.554. The molecular formula is C16H17N5O. The first-order chi connectivity index (χ1) is 10.8. The predicted octanol–water partition coefficient (Wildman–Crippen LogP) is 3.37. The standard InChI is InChI=1S/C16H17N5O/c22-12-6-4-11(5-7-12)19-16-20-14-13(8-9-17-14)15(21-16)18-10-2-1-3-10/h4-10,22H,1-3H2,(H3,17,18,19,20,21). The molecule has 1 saturated carbocycles. The fourth-order valence-electron chi connectivity index (χ4n) is 2.53. The van der Waals surface area contributed by atoms with E-state index in [2.05, 4.69) is 25.6 Å². The maximum absolute atomic E-state index is 9.34. The van der Waals surface area contributed by atoms with Gasteiger partial charge < -0.3 is 20.7 Å². The Morgan fingerprint density at radius 1 is 1.09 bits per heavy atom. The second-order valence-corrected chi connectivity index (χ2v) is 5.58. The maximum atomic E-state index is 9.34. The molecule has 22 heavy (non-hydrogen) atoms. The van der Waals surface area contributed by atoms with Crippen LogP contribution in [0, 0.1) is 0 Å². The zero-order valence-electron chi connectivity index (χ0n) is 12.0. The molecule has 0 spiro atoms. The molecule has 1 aliphatic carbocycles. The molecule has 0 unspecified atom stereocenters. The lowest BCUT2D eigenvalue weighted by Crippen LogP contribution is -2.27. The van der Waals surface area contributed by atoms with Crippen molar-refractivity contribution < 1.29 is 5.11 Å². The number of phenolic OH excluding ortho intramolecular Hbond substituents is 1. The highest BCUT2D eigenvalue weighted by molar-refractivity contribution is 5.88. The van der Waals surface area contributed by atoms with E-state index in [4.69, 9.17) is 0 Å². The van der Waals surface area contributed by atoms with Crippen LogP contribution in [0.5, 0.6) is 5.75 Å². The van der Waals surface area contributed by atoms with Crippen molar-refractivity contribution in [3.63, 3.8) is 0 Å². The molecule has 0 radical (unpaired) electrons. The number of nitrogens with one attached hydrogen (secondary N) is 3. The summed E-state index contributed by atoms with van der Waals surface area (Å²) in [5.41, 5.74) is 1.64. The van der Waals surface area contributed by atoms with Crippen LogP contribution >= 0.6 is 0 Å². The van der Waals surface area contributed by atoms with E-state index in [-0.39, 0.29) is 5.75 Å². The zero-order valence-corrected chi connectivity index (χ0v) is 12.0. The van der Waals surface area contributed by atoms with Crippen LogP contribution in [0.1, 0.15) is 19.3 Å². The van der Waals surface area contributed by atoms with Crippen molar-refractivity contribution in [2.75, 3.05) is 10.6 Å². The van der Waals surface area contributed by atoms with E-state index in [9.17, 15) is 5.11 Å². The van der Waals surface area contributed by atoms with E-state index in [1.807, 2.05) is 12.3 Å². The van der Waals surface area contributed by atoms with Crippen LogP contribution in [0.3, 0.4) is 0 Å². The molecule has 0 aliphatic heterocycles. The second kappa shape index (κ2) is 5.22. The summed E-state index contributed by atoms with van der Waals surface area (Å²) >= 11 is 0. The fraction of sp³-hybridized carbons (Fsp3) is 0.250. The number of anilines is 3. The first-order valence-corrected chi connectivity index (χ1v) is 7.46. The number of aromatic hydroxyl groups is 1. The fourth-order valence-corrected chi connectivity index (χ4v) is 2.53. The van der Waals surface area contributed by atoms with Gasteiger partial charge in [0.2, 0.25) is 5.95 Å². The molecule has 6 nitrogen and oxygen atoms in total. The Morgan fingerprint density at radius 2 is 1.91 bits per heavy atom. The number of benzene rings is 1. The molecule has 1 aromatic carbocycles. The first kappa shape index (κ1) is 12.9. The average molecular weight is 295 g/mol. The molecule has 0 atom stereocenters. The number of hydrogen-bond donors (Lipinski definition) is 4. The number of phenols is 1. The van der Waals surface area contributed by atoms with Crippen molar-refractivity contribution in [1.82, 2.24) is 15.0 Å². The number of rotatable bonds is 4. The molecule has 1 aliphatic rings. The van der Waals surface area contributed by atoms with Gasteiger partial charge in [0.15, 0.2) is 0 Å². The summed E-state index contributed by atoms with van der Waals surface area (Å²) in [6.07, 6.45) is 5.53. The van der Waals surface area contributed by atoms with Crippen molar-refractivity contribution in [2.45, 2.75) is 25.3 Å². The summed E-state index contributed by atoms with van der Waals surface area (Å²) in [5.74, 6) is 1.62. The number of H-pyrrole nitrogens is 1. The van der Waals surface area contributed by atoms with Crippen LogP contribution in [-0.4, -0.2) is 26.1 Å². The monoisotopic (exact) mass is 295 g/mol. The summed E-state index contributed by atoms with van der Waals surface area (Å²) in [6.45, 7) is 0. The first-order valence-electron chi connectivity index (χ1n) is 7.46. The minimum atomic E-state index is 0.235. The molecule has 2 aromatic heterocycles. The number of fused-ring (bicyclic) bond motifs is 1. The lowest BCUT2D eigenvalue weighted by Gasteiger charge is -2.27. The Morgan fingerprint density at radius 3 is 2.64 bits per heavy atom. The second-order valence-electron chi connectivity index (χ2n) is 5.58. The minimum absolute atomic E-state index is 0.235. The van der Waals surface area contributed by atoms with E-state index in [0.29, 0.717) is 12.0 Å². The zero-order chi connectivity index (χ0) is 14.9. The Bertz CT molecular complexity index is 792. The van der Waals surface area contributed by atoms with Crippen LogP contribution < -0.4 is 10.6 Å². The van der Waals surface area contributed by atoms with E-state index in [1.54, 1.807) is 24.3 Å². The van der Waals surface area contributed by atoms with Crippen molar-refractivity contribution in [3.05, 3.63) is 36.5 Å². The molecule has 4 rings (SSSR count). The highest BCUT2D eigenvalue weighted by Crippen LogP contribution is 2.28. The molecule has 4 N–H and O–H groups in total. The molecule has 1 fully saturated rings. The third kappa shape index (κ3) is 2.43. The molecule has 2 heterocycles. The largest absolute Gasteiger partial charge is 0.508 e. The molecule has 3 aromatic rings. The Balaban J connectivity index is 1.66. The summed E-state index contributed by atoms with van der Waals surface area (Å²) in [7, 11) is 0. The number of nitrogens with zero attached hydrogens (tertiary/aromatic N) is 2. The molecule has 6 heteroatoms. The summed E-state index contributed by atoms with van der Waals surface area (Å²) < 4.78 is 0. The number of aromatic nitrogens is 3. The van der Waals surface area contributed by atoms with Gasteiger partial charge in [-0.25, -0.2) is 0 Å². The molecule has 112 valence electrons. The van der Waals surface area contributed by atoms with E-state index < -0.39 is 0 Å². The third-order valence-electron chi connectivity index (χ3n) is 3.99. The van der Waals surface area contributed by atoms with Crippen LogP contribution in [0.25, 0.3) is 11.0 Å². The molecular weight excluding hydrogens is 278 g/mol. The van der Waals surface area contributed by atoms with Gasteiger partial charge in [-0.3, -0.25) is 0 Å². The number of aromatic amines is 1. The van der Waals surface area contributed by atoms with Gasteiger partial charge in [-0.05, 0) is 49.6 Å². The summed E-state index contributed by atoms with van der Waals surface area (Å²) in [6, 6.07) is 9.33. The van der Waals surface area contributed by atoms with Crippen molar-refractivity contribution in [3.8, 4) is 5.75 Å². The van der Waals surface area contributed by atoms with Gasteiger partial charge in [0.1, 0.15) is 17.2 Å². The van der Waals surface area contributed by atoms with Gasteiger partial charge in [0.05, 0.1) is 5.39 Å². The van der Waals surface area contributed by atoms with Crippen molar-refractivity contribution >= 4 is 28.5 Å². The van der Waals surface area contributed by atoms with Gasteiger partial charge in [0.25, 0.3) is 0 Å². The van der Waals surface area contributed by atoms with Crippen LogP contribution in [0.2, 0.25) is 0 Å². The van der Waals surface area contributed by atoms with Gasteiger partial charge in [-0.1, -0.05) is 0 Å². The smallest absolute Gasteiger partial charge is 0.231 e. The predicted molar refractivity (Wildman–Crippen MR) is 86.5 cm³/mol. The van der Waals surface area contributed by atoms with Crippen LogP contribution in [0.4, 0.5) is 17.5 Å². The van der Waals surface area contributed by atoms with Crippen LogP contribution in [-0.2, 0) is 0 Å². The third-order valence-corrected chi connectivity index (χ3v) is 3.99. The van der Waals surface area contributed by atoms with Gasteiger partial charge in [0, 0.05) is 17.9 Å². The Labute approximate surface area is 127 Å². The van der Waals surface area contributed by atoms with Crippen molar-refractivity contribution in [1.29, 1.82) is 0 Å². The highest BCUT2D eigenvalue weighted by atomic mass is 16.3. The summed E-state index contributed by atoms with van der Waals surface area (Å²) in [5, 5.41) is 17.0. The molecule has 0 bridgehead atoms. The molecule has 0 amide bonds. The molecule has 0 saturated heterocycles. The van der Waals surface area contributed by atoms with Gasteiger partial charge >= 0.3 is 0 Å². The van der Waals surface area contributed by atoms with Crippen molar-refractivity contribution in [2.24, 2.45) is 0 Å². The lowest BCUT2D eigenvalue weighted by atomic mass is 9.93.